The van der Waals surface area contributed by atoms with Gasteiger partial charge < -0.3 is 20.1 Å². The van der Waals surface area contributed by atoms with Crippen molar-refractivity contribution in [2.45, 2.75) is 13.5 Å². The van der Waals surface area contributed by atoms with Gasteiger partial charge in [-0.3, -0.25) is 0 Å². The maximum atomic E-state index is 12.0. The molecule has 2 N–H and O–H groups in total. The lowest BCUT2D eigenvalue weighted by Crippen LogP contribution is -2.28. The van der Waals surface area contributed by atoms with Crippen molar-refractivity contribution in [1.82, 2.24) is 5.32 Å². The summed E-state index contributed by atoms with van der Waals surface area (Å²) >= 11 is 3.43. The number of nitrogens with one attached hydrogen (secondary N) is 2. The van der Waals surface area contributed by atoms with Crippen molar-refractivity contribution in [3.8, 4) is 11.5 Å². The number of halogens is 1. The summed E-state index contributed by atoms with van der Waals surface area (Å²) < 4.78 is 11.4. The molecule has 1 aliphatic heterocycles. The molecule has 0 bridgehead atoms. The molecule has 22 heavy (non-hydrogen) atoms. The second-order valence-corrected chi connectivity index (χ2v) is 5.83. The number of benzene rings is 2. The van der Waals surface area contributed by atoms with E-state index in [1.54, 1.807) is 0 Å². The van der Waals surface area contributed by atoms with E-state index >= 15 is 0 Å². The monoisotopic (exact) mass is 362 g/mol. The molecule has 0 aromatic heterocycles. The molecule has 0 spiro atoms. The van der Waals surface area contributed by atoms with Gasteiger partial charge >= 0.3 is 6.03 Å². The minimum absolute atomic E-state index is 0.244. The fourth-order valence-corrected chi connectivity index (χ4v) is 2.71. The molecule has 1 heterocycles. The summed E-state index contributed by atoms with van der Waals surface area (Å²) in [5, 5.41) is 5.62. The minimum Gasteiger partial charge on any atom is -0.454 e. The quantitative estimate of drug-likeness (QED) is 0.872. The number of fused-ring (bicyclic) bond motifs is 1. The van der Waals surface area contributed by atoms with Crippen LogP contribution in [0, 0.1) is 6.92 Å². The molecular formula is C16H15BrN2O3. The molecule has 5 nitrogen and oxygen atoms in total. The maximum absolute atomic E-state index is 12.0. The second-order valence-electron chi connectivity index (χ2n) is 4.98. The van der Waals surface area contributed by atoms with Crippen molar-refractivity contribution in [3.05, 3.63) is 52.0 Å². The van der Waals surface area contributed by atoms with Crippen LogP contribution in [0.3, 0.4) is 0 Å². The van der Waals surface area contributed by atoms with Gasteiger partial charge in [-0.05, 0) is 58.2 Å². The van der Waals surface area contributed by atoms with Crippen LogP contribution in [-0.2, 0) is 6.54 Å². The third-order valence-corrected chi connectivity index (χ3v) is 3.92. The maximum Gasteiger partial charge on any atom is 0.319 e. The SMILES string of the molecule is Cc1ccc(NC(=O)NCc2ccc3c(c2)OCO3)c(Br)c1. The zero-order valence-corrected chi connectivity index (χ0v) is 13.6. The van der Waals surface area contributed by atoms with E-state index in [0.29, 0.717) is 12.3 Å². The summed E-state index contributed by atoms with van der Waals surface area (Å²) in [5.74, 6) is 1.44. The Labute approximate surface area is 136 Å². The molecule has 0 radical (unpaired) electrons. The van der Waals surface area contributed by atoms with E-state index in [9.17, 15) is 4.79 Å². The van der Waals surface area contributed by atoms with E-state index < -0.39 is 0 Å². The van der Waals surface area contributed by atoms with Crippen molar-refractivity contribution in [1.29, 1.82) is 0 Å². The highest BCUT2D eigenvalue weighted by Gasteiger charge is 2.13. The molecule has 2 aromatic rings. The van der Waals surface area contributed by atoms with E-state index in [-0.39, 0.29) is 12.8 Å². The summed E-state index contributed by atoms with van der Waals surface area (Å²) in [4.78, 5) is 12.0. The van der Waals surface area contributed by atoms with Crippen LogP contribution in [0.4, 0.5) is 10.5 Å². The number of urea groups is 1. The predicted octanol–water partition coefficient (Wildman–Crippen LogP) is 3.81. The Morgan fingerprint density at radius 3 is 2.82 bits per heavy atom. The third kappa shape index (κ3) is 3.33. The number of rotatable bonds is 3. The largest absolute Gasteiger partial charge is 0.454 e. The molecule has 0 saturated heterocycles. The Kier molecular flexibility index (Phi) is 4.20. The standard InChI is InChI=1S/C16H15BrN2O3/c1-10-2-4-13(12(17)6-10)19-16(20)18-8-11-3-5-14-15(7-11)22-9-21-14/h2-7H,8-9H2,1H3,(H2,18,19,20). The smallest absolute Gasteiger partial charge is 0.319 e. The van der Waals surface area contributed by atoms with E-state index in [1.165, 1.54) is 0 Å². The molecule has 0 unspecified atom stereocenters. The zero-order valence-electron chi connectivity index (χ0n) is 12.0. The van der Waals surface area contributed by atoms with Crippen LogP contribution >= 0.6 is 15.9 Å². The Morgan fingerprint density at radius 2 is 2.00 bits per heavy atom. The van der Waals surface area contributed by atoms with Gasteiger partial charge in [0.2, 0.25) is 6.79 Å². The normalized spacial score (nSPS) is 12.1. The number of ether oxygens (including phenoxy) is 2. The molecular weight excluding hydrogens is 348 g/mol. The zero-order chi connectivity index (χ0) is 15.5. The lowest BCUT2D eigenvalue weighted by molar-refractivity contribution is 0.174. The molecule has 0 atom stereocenters. The summed E-state index contributed by atoms with van der Waals surface area (Å²) in [7, 11) is 0. The molecule has 1 aliphatic rings. The summed E-state index contributed by atoms with van der Waals surface area (Å²) in [5.41, 5.74) is 2.80. The van der Waals surface area contributed by atoms with Gasteiger partial charge in [0.15, 0.2) is 11.5 Å². The molecule has 2 aromatic carbocycles. The highest BCUT2D eigenvalue weighted by Crippen LogP contribution is 2.32. The van der Waals surface area contributed by atoms with Gasteiger partial charge in [-0.25, -0.2) is 4.79 Å². The second kappa shape index (κ2) is 6.27. The first-order valence-corrected chi connectivity index (χ1v) is 7.60. The number of amides is 2. The van der Waals surface area contributed by atoms with Crippen LogP contribution in [0.15, 0.2) is 40.9 Å². The van der Waals surface area contributed by atoms with Gasteiger partial charge in [0.25, 0.3) is 0 Å². The minimum atomic E-state index is -0.262. The van der Waals surface area contributed by atoms with Gasteiger partial charge in [-0.2, -0.15) is 0 Å². The number of carbonyl (C=O) groups excluding carboxylic acids is 1. The molecule has 6 heteroatoms. The van der Waals surface area contributed by atoms with E-state index in [4.69, 9.17) is 9.47 Å². The van der Waals surface area contributed by atoms with Crippen molar-refractivity contribution in [2.24, 2.45) is 0 Å². The van der Waals surface area contributed by atoms with E-state index in [0.717, 1.165) is 27.0 Å². The number of anilines is 1. The first kappa shape index (κ1) is 14.7. The average molecular weight is 363 g/mol. The molecule has 2 amide bonds. The molecule has 114 valence electrons. The third-order valence-electron chi connectivity index (χ3n) is 3.26. The van der Waals surface area contributed by atoms with Gasteiger partial charge in [-0.15, -0.1) is 0 Å². The van der Waals surface area contributed by atoms with Crippen LogP contribution in [0.25, 0.3) is 0 Å². The van der Waals surface area contributed by atoms with Gasteiger partial charge in [0, 0.05) is 11.0 Å². The van der Waals surface area contributed by atoms with Crippen LogP contribution in [-0.4, -0.2) is 12.8 Å². The lowest BCUT2D eigenvalue weighted by Gasteiger charge is -2.10. The fraction of sp³-hybridized carbons (Fsp3) is 0.188. The Hall–Kier alpha value is -2.21. The summed E-state index contributed by atoms with van der Waals surface area (Å²) in [6.45, 7) is 2.65. The van der Waals surface area contributed by atoms with Crippen LogP contribution < -0.4 is 20.1 Å². The summed E-state index contributed by atoms with van der Waals surface area (Å²) in [6.07, 6.45) is 0. The molecule has 0 aliphatic carbocycles. The van der Waals surface area contributed by atoms with E-state index in [1.807, 2.05) is 43.3 Å². The Morgan fingerprint density at radius 1 is 1.18 bits per heavy atom. The highest BCUT2D eigenvalue weighted by molar-refractivity contribution is 9.10. The van der Waals surface area contributed by atoms with Gasteiger partial charge in [0.1, 0.15) is 0 Å². The molecule has 0 saturated carbocycles. The van der Waals surface area contributed by atoms with Gasteiger partial charge in [-0.1, -0.05) is 12.1 Å². The van der Waals surface area contributed by atoms with Crippen LogP contribution in [0.1, 0.15) is 11.1 Å². The topological polar surface area (TPSA) is 59.6 Å². The van der Waals surface area contributed by atoms with Crippen molar-refractivity contribution in [2.75, 3.05) is 12.1 Å². The summed E-state index contributed by atoms with van der Waals surface area (Å²) in [6, 6.07) is 11.1. The van der Waals surface area contributed by atoms with Crippen molar-refractivity contribution in [3.63, 3.8) is 0 Å². The first-order chi connectivity index (χ1) is 10.6. The average Bonchev–Trinajstić information content (AvgIpc) is 2.95. The van der Waals surface area contributed by atoms with Crippen molar-refractivity contribution >= 4 is 27.6 Å². The molecule has 3 rings (SSSR count). The Balaban J connectivity index is 1.58. The number of hydrogen-bond donors (Lipinski definition) is 2. The highest BCUT2D eigenvalue weighted by atomic mass is 79.9. The number of aryl methyl sites for hydroxylation is 1. The van der Waals surface area contributed by atoms with Crippen LogP contribution in [0.2, 0.25) is 0 Å². The number of carbonyl (C=O) groups is 1. The van der Waals surface area contributed by atoms with E-state index in [2.05, 4.69) is 26.6 Å². The van der Waals surface area contributed by atoms with Crippen LogP contribution in [0.5, 0.6) is 11.5 Å². The molecule has 0 fully saturated rings. The fourth-order valence-electron chi connectivity index (χ4n) is 2.12. The van der Waals surface area contributed by atoms with Gasteiger partial charge in [0.05, 0.1) is 5.69 Å². The lowest BCUT2D eigenvalue weighted by atomic mass is 10.2. The van der Waals surface area contributed by atoms with Crippen molar-refractivity contribution < 1.29 is 14.3 Å². The number of hydrogen-bond acceptors (Lipinski definition) is 3. The first-order valence-electron chi connectivity index (χ1n) is 6.81. The Bertz CT molecular complexity index is 719. The predicted molar refractivity (Wildman–Crippen MR) is 87.3 cm³/mol.